The van der Waals surface area contributed by atoms with Crippen LogP contribution in [0.3, 0.4) is 0 Å². The van der Waals surface area contributed by atoms with Gasteiger partial charge in [0.05, 0.1) is 17.1 Å². The zero-order valence-electron chi connectivity index (χ0n) is 24.5. The van der Waals surface area contributed by atoms with E-state index in [9.17, 15) is 0 Å². The Morgan fingerprint density at radius 3 is 1.91 bits per heavy atom. The van der Waals surface area contributed by atoms with Gasteiger partial charge in [-0.3, -0.25) is 0 Å². The van der Waals surface area contributed by atoms with Gasteiger partial charge in [-0.05, 0) is 72.2 Å². The molecule has 1 aliphatic carbocycles. The number of rotatable bonds is 3. The van der Waals surface area contributed by atoms with Crippen molar-refractivity contribution in [3.63, 3.8) is 0 Å². The second kappa shape index (κ2) is 9.56. The summed E-state index contributed by atoms with van der Waals surface area (Å²) in [5.41, 5.74) is 8.79. The maximum absolute atomic E-state index is 2.53. The maximum Gasteiger partial charge on any atom is 0.0566 e. The van der Waals surface area contributed by atoms with E-state index in [1.165, 1.54) is 80.6 Å². The van der Waals surface area contributed by atoms with Crippen LogP contribution in [-0.4, -0.2) is 9.13 Å². The van der Waals surface area contributed by atoms with Crippen LogP contribution in [0, 0.1) is 0 Å². The SMILES string of the molecule is C1=CC(c2ccc3c(c2)c2ccccc2n3-c2ccc3sc4ccccc4c3c2)=CC(n2c3ccccc3c3ccccc32)C1. The monoisotopic (exact) mass is 592 g/mol. The van der Waals surface area contributed by atoms with E-state index in [-0.39, 0.29) is 6.04 Å². The molecule has 0 saturated heterocycles. The second-order valence-corrected chi connectivity index (χ2v) is 13.2. The van der Waals surface area contributed by atoms with Gasteiger partial charge in [-0.25, -0.2) is 0 Å². The minimum absolute atomic E-state index is 0.249. The van der Waals surface area contributed by atoms with E-state index in [1.807, 2.05) is 11.3 Å². The largest absolute Gasteiger partial charge is 0.333 e. The number of benzene rings is 6. The fraction of sp³-hybridized carbons (Fsp3) is 0.0476. The molecule has 3 aromatic heterocycles. The summed E-state index contributed by atoms with van der Waals surface area (Å²) in [5, 5.41) is 7.86. The summed E-state index contributed by atoms with van der Waals surface area (Å²) in [6.07, 6.45) is 8.10. The summed E-state index contributed by atoms with van der Waals surface area (Å²) in [6.45, 7) is 0. The average molecular weight is 593 g/mol. The van der Waals surface area contributed by atoms with E-state index < -0.39 is 0 Å². The molecule has 45 heavy (non-hydrogen) atoms. The lowest BCUT2D eigenvalue weighted by Gasteiger charge is -2.21. The summed E-state index contributed by atoms with van der Waals surface area (Å²) in [6, 6.07) is 49.4. The number of para-hydroxylation sites is 3. The fourth-order valence-corrected chi connectivity index (χ4v) is 8.72. The molecule has 0 saturated carbocycles. The Hall–Kier alpha value is -5.38. The fourth-order valence-electron chi connectivity index (χ4n) is 7.63. The van der Waals surface area contributed by atoms with E-state index >= 15 is 0 Å². The Balaban J connectivity index is 1.14. The van der Waals surface area contributed by atoms with Gasteiger partial charge in [-0.15, -0.1) is 11.3 Å². The third-order valence-corrected chi connectivity index (χ3v) is 10.8. The third kappa shape index (κ3) is 3.68. The number of allylic oxidation sites excluding steroid dienone is 4. The van der Waals surface area contributed by atoms with Crippen molar-refractivity contribution in [3.05, 3.63) is 157 Å². The first kappa shape index (κ1) is 25.0. The average Bonchev–Trinajstić information content (AvgIpc) is 3.75. The summed E-state index contributed by atoms with van der Waals surface area (Å²) in [7, 11) is 0. The predicted octanol–water partition coefficient (Wildman–Crippen LogP) is 11.8. The van der Waals surface area contributed by atoms with Crippen molar-refractivity contribution in [1.29, 1.82) is 0 Å². The third-order valence-electron chi connectivity index (χ3n) is 9.62. The first-order valence-corrected chi connectivity index (χ1v) is 16.4. The van der Waals surface area contributed by atoms with Crippen LogP contribution in [0.15, 0.2) is 152 Å². The van der Waals surface area contributed by atoms with Gasteiger partial charge in [0.1, 0.15) is 0 Å². The van der Waals surface area contributed by atoms with Crippen molar-refractivity contribution in [2.75, 3.05) is 0 Å². The van der Waals surface area contributed by atoms with Crippen molar-refractivity contribution in [3.8, 4) is 5.69 Å². The van der Waals surface area contributed by atoms with Gasteiger partial charge < -0.3 is 9.13 Å². The highest BCUT2D eigenvalue weighted by Gasteiger charge is 2.20. The van der Waals surface area contributed by atoms with Crippen LogP contribution in [0.4, 0.5) is 0 Å². The molecule has 0 aliphatic heterocycles. The zero-order valence-corrected chi connectivity index (χ0v) is 25.3. The van der Waals surface area contributed by atoms with Gasteiger partial charge in [0.25, 0.3) is 0 Å². The smallest absolute Gasteiger partial charge is 0.0566 e. The second-order valence-electron chi connectivity index (χ2n) is 12.1. The highest BCUT2D eigenvalue weighted by molar-refractivity contribution is 7.25. The maximum atomic E-state index is 2.53. The molecule has 0 fully saturated rings. The van der Waals surface area contributed by atoms with E-state index in [1.54, 1.807) is 0 Å². The Morgan fingerprint density at radius 1 is 0.511 bits per heavy atom. The molecule has 1 atom stereocenters. The first-order valence-electron chi connectivity index (χ1n) is 15.6. The van der Waals surface area contributed by atoms with Crippen LogP contribution < -0.4 is 0 Å². The number of nitrogens with zero attached hydrogens (tertiary/aromatic N) is 2. The molecule has 0 spiro atoms. The lowest BCUT2D eigenvalue weighted by Crippen LogP contribution is -2.08. The first-order chi connectivity index (χ1) is 22.3. The highest BCUT2D eigenvalue weighted by Crippen LogP contribution is 2.40. The van der Waals surface area contributed by atoms with Crippen LogP contribution in [0.1, 0.15) is 18.0 Å². The molecule has 0 amide bonds. The number of fused-ring (bicyclic) bond motifs is 9. The molecule has 9 aromatic rings. The summed E-state index contributed by atoms with van der Waals surface area (Å²) < 4.78 is 7.64. The lowest BCUT2D eigenvalue weighted by atomic mass is 9.95. The molecule has 6 aromatic carbocycles. The van der Waals surface area contributed by atoms with Gasteiger partial charge in [0, 0.05) is 58.4 Å². The Morgan fingerprint density at radius 2 is 1.13 bits per heavy atom. The van der Waals surface area contributed by atoms with Crippen molar-refractivity contribution in [1.82, 2.24) is 9.13 Å². The zero-order chi connectivity index (χ0) is 29.5. The van der Waals surface area contributed by atoms with Gasteiger partial charge in [-0.1, -0.05) is 97.1 Å². The summed E-state index contributed by atoms with van der Waals surface area (Å²) in [4.78, 5) is 0. The van der Waals surface area contributed by atoms with Crippen LogP contribution in [-0.2, 0) is 0 Å². The minimum atomic E-state index is 0.249. The molecule has 0 radical (unpaired) electrons. The Labute approximate surface area is 264 Å². The van der Waals surface area contributed by atoms with Crippen molar-refractivity contribution in [2.24, 2.45) is 0 Å². The van der Waals surface area contributed by atoms with Crippen LogP contribution >= 0.6 is 11.3 Å². The van der Waals surface area contributed by atoms with Gasteiger partial charge >= 0.3 is 0 Å². The normalized spacial score (nSPS) is 15.3. The van der Waals surface area contributed by atoms with Crippen molar-refractivity contribution < 1.29 is 0 Å². The molecule has 1 unspecified atom stereocenters. The lowest BCUT2D eigenvalue weighted by molar-refractivity contribution is 0.650. The standard InChI is InChI=1S/C42H28N2S/c1-5-16-37-31(12-1)32-13-2-6-17-38(32)43(37)29-11-9-10-27(24-29)28-20-22-40-35(25-28)33-14-3-7-18-39(33)44(40)30-21-23-42-36(26-30)34-15-4-8-19-41(34)45-42/h1-10,12-26,29H,11H2. The number of hydrogen-bond acceptors (Lipinski definition) is 1. The molecule has 2 nitrogen and oxygen atoms in total. The molecule has 212 valence electrons. The quantitative estimate of drug-likeness (QED) is 0.193. The molecule has 0 bridgehead atoms. The minimum Gasteiger partial charge on any atom is -0.333 e. The highest BCUT2D eigenvalue weighted by atomic mass is 32.1. The van der Waals surface area contributed by atoms with Gasteiger partial charge in [0.2, 0.25) is 0 Å². The topological polar surface area (TPSA) is 9.86 Å². The number of aromatic nitrogens is 2. The van der Waals surface area contributed by atoms with Crippen molar-refractivity contribution in [2.45, 2.75) is 12.5 Å². The van der Waals surface area contributed by atoms with Crippen LogP contribution in [0.5, 0.6) is 0 Å². The number of hydrogen-bond donors (Lipinski definition) is 0. The Bertz CT molecular complexity index is 2640. The predicted molar refractivity (Wildman–Crippen MR) is 194 cm³/mol. The van der Waals surface area contributed by atoms with Gasteiger partial charge in [0.15, 0.2) is 0 Å². The Kier molecular flexibility index (Phi) is 5.31. The molecule has 3 heterocycles. The summed E-state index contributed by atoms with van der Waals surface area (Å²) >= 11 is 1.87. The van der Waals surface area contributed by atoms with E-state index in [2.05, 4.69) is 161 Å². The molecular formula is C42H28N2S. The molecule has 1 aliphatic rings. The van der Waals surface area contributed by atoms with Crippen LogP contribution in [0.2, 0.25) is 0 Å². The molecule has 3 heteroatoms. The number of thiophene rings is 1. The summed E-state index contributed by atoms with van der Waals surface area (Å²) in [5.74, 6) is 0. The van der Waals surface area contributed by atoms with E-state index in [4.69, 9.17) is 0 Å². The van der Waals surface area contributed by atoms with Gasteiger partial charge in [-0.2, -0.15) is 0 Å². The molecule has 10 rings (SSSR count). The van der Waals surface area contributed by atoms with Crippen molar-refractivity contribution >= 4 is 80.7 Å². The molecular weight excluding hydrogens is 565 g/mol. The van der Waals surface area contributed by atoms with E-state index in [0.29, 0.717) is 0 Å². The van der Waals surface area contributed by atoms with E-state index in [0.717, 1.165) is 6.42 Å². The van der Waals surface area contributed by atoms with Crippen LogP contribution in [0.25, 0.3) is 75.0 Å². The molecule has 0 N–H and O–H groups in total.